The summed E-state index contributed by atoms with van der Waals surface area (Å²) in [5.74, 6) is 0. The molecule has 0 spiro atoms. The summed E-state index contributed by atoms with van der Waals surface area (Å²) in [5, 5.41) is -1.14. The van der Waals surface area contributed by atoms with Gasteiger partial charge in [-0.15, -0.1) is 0 Å². The average Bonchev–Trinajstić information content (AvgIpc) is 2.04. The molecule has 0 amide bonds. The first-order valence-electron chi connectivity index (χ1n) is 4.27. The zero-order valence-corrected chi connectivity index (χ0v) is 10.4. The maximum absolute atomic E-state index is 11.2. The number of hydrogen-bond donors (Lipinski definition) is 4. The van der Waals surface area contributed by atoms with Crippen LogP contribution in [0, 0.1) is 13.8 Å². The number of aryl methyl sites for hydroxylation is 2. The normalized spacial score (nSPS) is 12.9. The van der Waals surface area contributed by atoms with Crippen LogP contribution < -0.4 is 10.6 Å². The van der Waals surface area contributed by atoms with E-state index in [0.29, 0.717) is 0 Å². The van der Waals surface area contributed by atoms with Crippen molar-refractivity contribution in [1.82, 2.24) is 0 Å². The fraction of sp³-hybridized carbons (Fsp3) is 0.250. The van der Waals surface area contributed by atoms with Gasteiger partial charge in [0.05, 0.1) is 10.6 Å². The van der Waals surface area contributed by atoms with Crippen molar-refractivity contribution in [3.63, 3.8) is 0 Å². The van der Waals surface area contributed by atoms with Crippen molar-refractivity contribution < 1.29 is 28.7 Å². The smallest absolute Gasteiger partial charge is 0.321 e. The van der Waals surface area contributed by atoms with E-state index in [4.69, 9.17) is 19.6 Å². The summed E-state index contributed by atoms with van der Waals surface area (Å²) in [5.41, 5.74) is 0.328. The molecular weight excluding hydrogens is 254 g/mol. The molecule has 0 aliphatic carbocycles. The second-order valence-electron chi connectivity index (χ2n) is 3.48. The van der Waals surface area contributed by atoms with E-state index < -0.39 is 25.8 Å². The van der Waals surface area contributed by atoms with Crippen molar-refractivity contribution in [3.05, 3.63) is 23.3 Å². The molecule has 1 aromatic rings. The van der Waals surface area contributed by atoms with Gasteiger partial charge in [0.25, 0.3) is 0 Å². The fourth-order valence-corrected chi connectivity index (χ4v) is 4.27. The molecule has 4 N–H and O–H groups in total. The van der Waals surface area contributed by atoms with Crippen molar-refractivity contribution in [2.24, 2.45) is 0 Å². The summed E-state index contributed by atoms with van der Waals surface area (Å²) >= 11 is 0. The Morgan fingerprint density at radius 1 is 0.812 bits per heavy atom. The topological polar surface area (TPSA) is 115 Å². The van der Waals surface area contributed by atoms with Crippen LogP contribution in [0.25, 0.3) is 0 Å². The standard InChI is InChI=1S/C8H12O6P2/c1-5-3-4-6(2)8(16(12,13)14)7(5)15(9,10)11/h3-4H,1-2H3,(H2,9,10,11)(H2,12,13,14). The first-order valence-corrected chi connectivity index (χ1v) is 7.50. The lowest BCUT2D eigenvalue weighted by Gasteiger charge is -2.16. The third kappa shape index (κ3) is 2.61. The van der Waals surface area contributed by atoms with Crippen LogP contribution in [0.2, 0.25) is 0 Å². The average molecular weight is 266 g/mol. The van der Waals surface area contributed by atoms with Crippen molar-refractivity contribution >= 4 is 25.8 Å². The van der Waals surface area contributed by atoms with E-state index in [0.717, 1.165) is 0 Å². The highest BCUT2D eigenvalue weighted by Crippen LogP contribution is 2.42. The zero-order valence-electron chi connectivity index (χ0n) is 8.65. The maximum atomic E-state index is 11.2. The second-order valence-corrected chi connectivity index (χ2v) is 6.56. The first-order chi connectivity index (χ1) is 7.05. The molecule has 90 valence electrons. The SMILES string of the molecule is Cc1ccc(C)c(P(=O)(O)O)c1P(=O)(O)O. The summed E-state index contributed by atoms with van der Waals surface area (Å²) in [7, 11) is -9.42. The fourth-order valence-electron chi connectivity index (χ4n) is 1.52. The summed E-state index contributed by atoms with van der Waals surface area (Å²) in [6, 6.07) is 2.84. The maximum Gasteiger partial charge on any atom is 0.357 e. The minimum absolute atomic E-state index is 0.164. The Balaban J connectivity index is 3.78. The molecule has 0 aliphatic heterocycles. The molecule has 16 heavy (non-hydrogen) atoms. The molecule has 0 saturated carbocycles. The van der Waals surface area contributed by atoms with Gasteiger partial charge in [0.1, 0.15) is 0 Å². The van der Waals surface area contributed by atoms with Gasteiger partial charge in [-0.05, 0) is 25.0 Å². The molecule has 0 bridgehead atoms. The lowest BCUT2D eigenvalue weighted by atomic mass is 10.2. The van der Waals surface area contributed by atoms with Gasteiger partial charge in [0, 0.05) is 0 Å². The van der Waals surface area contributed by atoms with Crippen molar-refractivity contribution in [2.75, 3.05) is 0 Å². The number of hydrogen-bond acceptors (Lipinski definition) is 2. The van der Waals surface area contributed by atoms with Crippen LogP contribution in [0.3, 0.4) is 0 Å². The van der Waals surface area contributed by atoms with Gasteiger partial charge in [-0.25, -0.2) is 0 Å². The Morgan fingerprint density at radius 2 is 1.06 bits per heavy atom. The molecule has 1 rings (SSSR count). The molecule has 6 nitrogen and oxygen atoms in total. The Hall–Kier alpha value is -0.480. The predicted octanol–water partition coefficient (Wildman–Crippen LogP) is -0.0906. The molecule has 0 radical (unpaired) electrons. The van der Waals surface area contributed by atoms with Gasteiger partial charge >= 0.3 is 15.2 Å². The summed E-state index contributed by atoms with van der Waals surface area (Å²) in [6.45, 7) is 2.79. The number of rotatable bonds is 2. The molecule has 0 aromatic heterocycles. The minimum atomic E-state index is -4.71. The Kier molecular flexibility index (Phi) is 3.46. The molecule has 0 atom stereocenters. The molecule has 0 unspecified atom stereocenters. The van der Waals surface area contributed by atoms with E-state index in [2.05, 4.69) is 0 Å². The summed E-state index contributed by atoms with van der Waals surface area (Å²) in [4.78, 5) is 36.4. The first kappa shape index (κ1) is 13.6. The highest BCUT2D eigenvalue weighted by atomic mass is 31.2. The van der Waals surface area contributed by atoms with Crippen LogP contribution in [0.5, 0.6) is 0 Å². The third-order valence-electron chi connectivity index (χ3n) is 2.14. The predicted molar refractivity (Wildman–Crippen MR) is 59.3 cm³/mol. The number of benzene rings is 1. The van der Waals surface area contributed by atoms with Crippen molar-refractivity contribution in [2.45, 2.75) is 13.8 Å². The van der Waals surface area contributed by atoms with E-state index in [-0.39, 0.29) is 11.1 Å². The van der Waals surface area contributed by atoms with E-state index >= 15 is 0 Å². The lowest BCUT2D eigenvalue weighted by molar-refractivity contribution is 0.381. The van der Waals surface area contributed by atoms with Gasteiger partial charge in [-0.2, -0.15) is 0 Å². The van der Waals surface area contributed by atoms with Crippen LogP contribution in [0.1, 0.15) is 11.1 Å². The van der Waals surface area contributed by atoms with Crippen LogP contribution >= 0.6 is 15.2 Å². The van der Waals surface area contributed by atoms with Gasteiger partial charge in [-0.1, -0.05) is 12.1 Å². The van der Waals surface area contributed by atoms with Crippen LogP contribution in [0.4, 0.5) is 0 Å². The van der Waals surface area contributed by atoms with Gasteiger partial charge in [0.15, 0.2) is 0 Å². The van der Waals surface area contributed by atoms with Crippen molar-refractivity contribution in [3.8, 4) is 0 Å². The largest absolute Gasteiger partial charge is 0.357 e. The molecule has 1 aromatic carbocycles. The van der Waals surface area contributed by atoms with Gasteiger partial charge in [-0.3, -0.25) is 9.13 Å². The van der Waals surface area contributed by atoms with Gasteiger partial charge in [0.2, 0.25) is 0 Å². The Morgan fingerprint density at radius 3 is 1.25 bits per heavy atom. The molecule has 0 saturated heterocycles. The molecule has 8 heteroatoms. The Bertz CT molecular complexity index is 465. The zero-order chi connectivity index (χ0) is 12.7. The molecule has 0 heterocycles. The van der Waals surface area contributed by atoms with E-state index in [9.17, 15) is 9.13 Å². The third-order valence-corrected chi connectivity index (χ3v) is 4.63. The van der Waals surface area contributed by atoms with E-state index in [1.54, 1.807) is 0 Å². The highest BCUT2D eigenvalue weighted by Gasteiger charge is 2.33. The van der Waals surface area contributed by atoms with Crippen LogP contribution in [-0.2, 0) is 9.13 Å². The second kappa shape index (κ2) is 4.08. The Labute approximate surface area is 92.3 Å². The van der Waals surface area contributed by atoms with Gasteiger partial charge < -0.3 is 19.6 Å². The minimum Gasteiger partial charge on any atom is -0.321 e. The lowest BCUT2D eigenvalue weighted by Crippen LogP contribution is -2.29. The monoisotopic (exact) mass is 266 g/mol. The van der Waals surface area contributed by atoms with E-state index in [1.807, 2.05) is 0 Å². The summed E-state index contributed by atoms with van der Waals surface area (Å²) in [6.07, 6.45) is 0. The summed E-state index contributed by atoms with van der Waals surface area (Å²) < 4.78 is 22.4. The van der Waals surface area contributed by atoms with Crippen molar-refractivity contribution in [1.29, 1.82) is 0 Å². The molecule has 0 aliphatic rings. The van der Waals surface area contributed by atoms with Crippen LogP contribution in [0.15, 0.2) is 12.1 Å². The quantitative estimate of drug-likeness (QED) is 0.556. The van der Waals surface area contributed by atoms with Crippen LogP contribution in [-0.4, -0.2) is 19.6 Å². The highest BCUT2D eigenvalue weighted by molar-refractivity contribution is 7.67. The molecular formula is C8H12O6P2. The van der Waals surface area contributed by atoms with E-state index in [1.165, 1.54) is 26.0 Å². The molecule has 0 fully saturated rings.